The largest absolute Gasteiger partial charge is 0.0622 e. The molecule has 19 heavy (non-hydrogen) atoms. The fourth-order valence-electron chi connectivity index (χ4n) is 2.26. The van der Waals surface area contributed by atoms with Crippen molar-refractivity contribution in [3.63, 3.8) is 0 Å². The summed E-state index contributed by atoms with van der Waals surface area (Å²) in [5.74, 6) is 0. The number of benzene rings is 3. The molecule has 0 bridgehead atoms. The van der Waals surface area contributed by atoms with Gasteiger partial charge in [0.25, 0.3) is 0 Å². The highest BCUT2D eigenvalue weighted by atomic mass is 15.1. The Labute approximate surface area is 110 Å². The van der Waals surface area contributed by atoms with Crippen molar-refractivity contribution in [2.24, 2.45) is 5.11 Å². The van der Waals surface area contributed by atoms with Gasteiger partial charge in [0.2, 0.25) is 0 Å². The van der Waals surface area contributed by atoms with Crippen LogP contribution >= 0.6 is 0 Å². The van der Waals surface area contributed by atoms with Crippen LogP contribution in [0.25, 0.3) is 32.3 Å². The first-order chi connectivity index (χ1) is 9.40. The Balaban J connectivity index is 2.37. The van der Waals surface area contributed by atoms with Crippen molar-refractivity contribution in [3.05, 3.63) is 77.2 Å². The highest BCUT2D eigenvalue weighted by Crippen LogP contribution is 2.36. The Morgan fingerprint density at radius 1 is 0.789 bits per heavy atom. The summed E-state index contributed by atoms with van der Waals surface area (Å²) in [4.78, 5) is 2.97. The molecule has 90 valence electrons. The first kappa shape index (κ1) is 11.3. The first-order valence-electron chi connectivity index (χ1n) is 6.02. The zero-order valence-electron chi connectivity index (χ0n) is 10.2. The number of nitrogens with zero attached hydrogens (tertiary/aromatic N) is 3. The quantitative estimate of drug-likeness (QED) is 0.327. The normalized spacial score (nSPS) is 10.1. The van der Waals surface area contributed by atoms with Gasteiger partial charge in [-0.25, -0.2) is 0 Å². The Morgan fingerprint density at radius 2 is 1.53 bits per heavy atom. The summed E-state index contributed by atoms with van der Waals surface area (Å²) >= 11 is 0. The maximum absolute atomic E-state index is 8.81. The smallest absolute Gasteiger partial charge is 0.0532 e. The van der Waals surface area contributed by atoms with Gasteiger partial charge >= 0.3 is 0 Å². The summed E-state index contributed by atoms with van der Waals surface area (Å²) < 4.78 is 0. The number of rotatable bonds is 2. The van der Waals surface area contributed by atoms with Gasteiger partial charge in [0.05, 0.1) is 5.69 Å². The van der Waals surface area contributed by atoms with E-state index in [-0.39, 0.29) is 0 Å². The molecule has 3 aromatic rings. The fraction of sp³-hybridized carbons (Fsp3) is 0. The molecule has 3 aromatic carbocycles. The molecule has 0 heterocycles. The lowest BCUT2D eigenvalue weighted by Crippen LogP contribution is -1.81. The number of hydrogen-bond donors (Lipinski definition) is 0. The second-order valence-electron chi connectivity index (χ2n) is 4.24. The number of azide groups is 1. The van der Waals surface area contributed by atoms with Crippen LogP contribution in [0.2, 0.25) is 0 Å². The summed E-state index contributed by atoms with van der Waals surface area (Å²) in [6, 6.07) is 21.9. The van der Waals surface area contributed by atoms with Crippen LogP contribution in [0.1, 0.15) is 0 Å². The van der Waals surface area contributed by atoms with E-state index in [2.05, 4.69) is 10.0 Å². The minimum Gasteiger partial charge on any atom is -0.0622 e. The molecule has 0 spiro atoms. The van der Waals surface area contributed by atoms with Gasteiger partial charge in [0.1, 0.15) is 0 Å². The highest BCUT2D eigenvalue weighted by Gasteiger charge is 2.07. The highest BCUT2D eigenvalue weighted by molar-refractivity contribution is 6.00. The van der Waals surface area contributed by atoms with E-state index in [9.17, 15) is 0 Å². The van der Waals surface area contributed by atoms with Crippen molar-refractivity contribution < 1.29 is 0 Å². The summed E-state index contributed by atoms with van der Waals surface area (Å²) in [7, 11) is 0. The van der Waals surface area contributed by atoms with Crippen molar-refractivity contribution in [2.45, 2.75) is 0 Å². The van der Waals surface area contributed by atoms with E-state index in [1.807, 2.05) is 66.7 Å². The predicted octanol–water partition coefficient (Wildman–Crippen LogP) is 5.45. The van der Waals surface area contributed by atoms with Crippen molar-refractivity contribution in [1.29, 1.82) is 0 Å². The molecule has 3 heteroatoms. The van der Waals surface area contributed by atoms with E-state index in [1.54, 1.807) is 0 Å². The average Bonchev–Trinajstić information content (AvgIpc) is 2.49. The van der Waals surface area contributed by atoms with E-state index in [4.69, 9.17) is 5.53 Å². The lowest BCUT2D eigenvalue weighted by molar-refractivity contribution is 1.50. The van der Waals surface area contributed by atoms with E-state index in [0.717, 1.165) is 21.9 Å². The van der Waals surface area contributed by atoms with Gasteiger partial charge in [-0.3, -0.25) is 0 Å². The molecule has 3 rings (SSSR count). The Morgan fingerprint density at radius 3 is 2.32 bits per heavy atom. The summed E-state index contributed by atoms with van der Waals surface area (Å²) in [5, 5.41) is 5.94. The van der Waals surface area contributed by atoms with Gasteiger partial charge in [-0.2, -0.15) is 0 Å². The van der Waals surface area contributed by atoms with Crippen LogP contribution in [-0.2, 0) is 0 Å². The maximum Gasteiger partial charge on any atom is 0.0532 e. The second kappa shape index (κ2) is 4.84. The molecular weight excluding hydrogens is 234 g/mol. The summed E-state index contributed by atoms with van der Waals surface area (Å²) in [5.41, 5.74) is 11.5. The van der Waals surface area contributed by atoms with Gasteiger partial charge in [-0.1, -0.05) is 71.8 Å². The molecule has 0 aliphatic rings. The molecule has 0 fully saturated rings. The molecule has 3 nitrogen and oxygen atoms in total. The number of hydrogen-bond acceptors (Lipinski definition) is 1. The standard InChI is InChI=1S/C16H11N3/c17-19-18-16-14-9-5-4-8-13(14)10-11-15(16)12-6-2-1-3-7-12/h1-11H. The lowest BCUT2D eigenvalue weighted by atomic mass is 9.99. The molecular formula is C16H11N3. The topological polar surface area (TPSA) is 48.8 Å². The number of fused-ring (bicyclic) bond motifs is 1. The molecule has 0 radical (unpaired) electrons. The van der Waals surface area contributed by atoms with Gasteiger partial charge in [-0.05, 0) is 27.4 Å². The summed E-state index contributed by atoms with van der Waals surface area (Å²) in [6.07, 6.45) is 0. The van der Waals surface area contributed by atoms with Crippen LogP contribution < -0.4 is 0 Å². The molecule has 0 aliphatic heterocycles. The molecule has 0 saturated carbocycles. The third-order valence-corrected chi connectivity index (χ3v) is 3.13. The van der Waals surface area contributed by atoms with E-state index >= 15 is 0 Å². The van der Waals surface area contributed by atoms with Gasteiger partial charge < -0.3 is 0 Å². The molecule has 0 atom stereocenters. The molecule has 0 saturated heterocycles. The Bertz CT molecular complexity index is 772. The van der Waals surface area contributed by atoms with Crippen LogP contribution in [0, 0.1) is 0 Å². The van der Waals surface area contributed by atoms with Crippen molar-refractivity contribution in [3.8, 4) is 11.1 Å². The SMILES string of the molecule is [N-]=[N+]=Nc1c(-c2ccccc2)ccc2ccccc12. The van der Waals surface area contributed by atoms with E-state index < -0.39 is 0 Å². The first-order valence-corrected chi connectivity index (χ1v) is 6.02. The van der Waals surface area contributed by atoms with Crippen LogP contribution in [0.5, 0.6) is 0 Å². The van der Waals surface area contributed by atoms with Crippen LogP contribution in [0.3, 0.4) is 0 Å². The average molecular weight is 245 g/mol. The van der Waals surface area contributed by atoms with Gasteiger partial charge in [-0.15, -0.1) is 0 Å². The third kappa shape index (κ3) is 2.03. The van der Waals surface area contributed by atoms with Crippen molar-refractivity contribution in [2.75, 3.05) is 0 Å². The molecule has 0 amide bonds. The molecule has 0 N–H and O–H groups in total. The minimum atomic E-state index is 0.687. The molecule has 0 unspecified atom stereocenters. The Hall–Kier alpha value is -2.77. The van der Waals surface area contributed by atoms with Crippen LogP contribution in [0.15, 0.2) is 71.8 Å². The van der Waals surface area contributed by atoms with Crippen LogP contribution in [-0.4, -0.2) is 0 Å². The van der Waals surface area contributed by atoms with Crippen molar-refractivity contribution in [1.82, 2.24) is 0 Å². The van der Waals surface area contributed by atoms with Gasteiger partial charge in [0.15, 0.2) is 0 Å². The predicted molar refractivity (Wildman–Crippen MR) is 78.2 cm³/mol. The molecule has 0 aliphatic carbocycles. The fourth-order valence-corrected chi connectivity index (χ4v) is 2.26. The van der Waals surface area contributed by atoms with E-state index in [0.29, 0.717) is 5.69 Å². The zero-order valence-corrected chi connectivity index (χ0v) is 10.2. The van der Waals surface area contributed by atoms with Gasteiger partial charge in [0, 0.05) is 4.91 Å². The monoisotopic (exact) mass is 245 g/mol. The lowest BCUT2D eigenvalue weighted by Gasteiger charge is -2.09. The maximum atomic E-state index is 8.81. The van der Waals surface area contributed by atoms with Crippen molar-refractivity contribution >= 4 is 16.5 Å². The summed E-state index contributed by atoms with van der Waals surface area (Å²) in [6.45, 7) is 0. The van der Waals surface area contributed by atoms with E-state index in [1.165, 1.54) is 0 Å². The minimum absolute atomic E-state index is 0.687. The zero-order chi connectivity index (χ0) is 13.1. The molecule has 0 aromatic heterocycles. The second-order valence-corrected chi connectivity index (χ2v) is 4.24. The van der Waals surface area contributed by atoms with Crippen LogP contribution in [0.4, 0.5) is 5.69 Å². The Kier molecular flexibility index (Phi) is 2.89. The third-order valence-electron chi connectivity index (χ3n) is 3.13.